The molecule has 0 saturated heterocycles. The van der Waals surface area contributed by atoms with Crippen molar-refractivity contribution in [2.24, 2.45) is 5.84 Å². The molecule has 2 rings (SSSR count). The molecule has 2 aromatic rings. The number of nitrogens with zero attached hydrogens (tertiary/aromatic N) is 3. The van der Waals surface area contributed by atoms with Gasteiger partial charge in [0.25, 0.3) is 0 Å². The number of methoxy groups -OCH3 is 1. The Balaban J connectivity index is 2.53. The van der Waals surface area contributed by atoms with E-state index in [1.807, 2.05) is 25.5 Å². The molecule has 19 heavy (non-hydrogen) atoms. The average molecular weight is 281 g/mol. The van der Waals surface area contributed by atoms with E-state index in [2.05, 4.69) is 15.5 Å². The molecule has 0 fully saturated rings. The normalized spacial score (nSPS) is 12.7. The Labute approximate surface area is 116 Å². The number of aromatic nitrogens is 3. The number of hydrazine groups is 1. The minimum atomic E-state index is -0.163. The molecule has 7 heteroatoms. The third-order valence-corrected chi connectivity index (χ3v) is 4.14. The Morgan fingerprint density at radius 1 is 1.53 bits per heavy atom. The molecule has 0 aromatic carbocycles. The van der Waals surface area contributed by atoms with Crippen molar-refractivity contribution in [2.45, 2.75) is 33.4 Å². The molecule has 1 atom stereocenters. The van der Waals surface area contributed by atoms with E-state index in [1.54, 1.807) is 24.6 Å². The summed E-state index contributed by atoms with van der Waals surface area (Å²) in [5.41, 5.74) is 4.77. The van der Waals surface area contributed by atoms with Crippen LogP contribution in [0.5, 0.6) is 5.75 Å². The second kappa shape index (κ2) is 5.68. The zero-order valence-corrected chi connectivity index (χ0v) is 12.4. The fourth-order valence-electron chi connectivity index (χ4n) is 2.17. The quantitative estimate of drug-likeness (QED) is 0.642. The summed E-state index contributed by atoms with van der Waals surface area (Å²) in [6.45, 7) is 6.77. The maximum absolute atomic E-state index is 5.75. The lowest BCUT2D eigenvalue weighted by Crippen LogP contribution is -2.31. The molecule has 1 unspecified atom stereocenters. The second-order valence-electron chi connectivity index (χ2n) is 4.20. The Bertz CT molecular complexity index is 541. The Kier molecular flexibility index (Phi) is 4.18. The minimum absolute atomic E-state index is 0.163. The van der Waals surface area contributed by atoms with Gasteiger partial charge in [-0.05, 0) is 20.8 Å². The van der Waals surface area contributed by atoms with Crippen molar-refractivity contribution in [3.63, 3.8) is 0 Å². The molecule has 0 aliphatic rings. The predicted octanol–water partition coefficient (Wildman–Crippen LogP) is 1.54. The molecule has 0 amide bonds. The van der Waals surface area contributed by atoms with Crippen molar-refractivity contribution in [1.29, 1.82) is 0 Å². The Morgan fingerprint density at radius 3 is 2.74 bits per heavy atom. The first-order chi connectivity index (χ1) is 9.12. The van der Waals surface area contributed by atoms with Crippen molar-refractivity contribution in [3.8, 4) is 5.75 Å². The predicted molar refractivity (Wildman–Crippen MR) is 75.2 cm³/mol. The Hall–Kier alpha value is -1.44. The van der Waals surface area contributed by atoms with E-state index in [0.717, 1.165) is 33.6 Å². The van der Waals surface area contributed by atoms with Crippen LogP contribution in [-0.4, -0.2) is 21.9 Å². The summed E-state index contributed by atoms with van der Waals surface area (Å²) in [6.07, 6.45) is 1.71. The van der Waals surface area contributed by atoms with E-state index in [4.69, 9.17) is 10.6 Å². The smallest absolute Gasteiger partial charge is 0.162 e. The third-order valence-electron chi connectivity index (χ3n) is 3.01. The Morgan fingerprint density at radius 2 is 2.26 bits per heavy atom. The van der Waals surface area contributed by atoms with Crippen molar-refractivity contribution < 1.29 is 4.74 Å². The second-order valence-corrected chi connectivity index (χ2v) is 5.43. The lowest BCUT2D eigenvalue weighted by atomic mass is 10.1. The molecule has 3 N–H and O–H groups in total. The van der Waals surface area contributed by atoms with E-state index in [0.29, 0.717) is 0 Å². The average Bonchev–Trinajstić information content (AvgIpc) is 2.94. The van der Waals surface area contributed by atoms with Crippen molar-refractivity contribution in [3.05, 3.63) is 27.5 Å². The lowest BCUT2D eigenvalue weighted by Gasteiger charge is -2.17. The zero-order valence-electron chi connectivity index (χ0n) is 11.6. The summed E-state index contributed by atoms with van der Waals surface area (Å²) in [5.74, 6) is 6.49. The number of thiazole rings is 1. The lowest BCUT2D eigenvalue weighted by molar-refractivity contribution is 0.400. The van der Waals surface area contributed by atoms with E-state index < -0.39 is 0 Å². The van der Waals surface area contributed by atoms with Gasteiger partial charge in [-0.3, -0.25) is 10.5 Å². The first-order valence-corrected chi connectivity index (χ1v) is 6.93. The van der Waals surface area contributed by atoms with Crippen LogP contribution in [0, 0.1) is 13.8 Å². The van der Waals surface area contributed by atoms with Crippen LogP contribution in [0.4, 0.5) is 0 Å². The number of hydrogen-bond acceptors (Lipinski definition) is 6. The van der Waals surface area contributed by atoms with Crippen molar-refractivity contribution >= 4 is 11.3 Å². The van der Waals surface area contributed by atoms with Crippen LogP contribution in [0.1, 0.15) is 34.2 Å². The molecule has 0 saturated carbocycles. The summed E-state index contributed by atoms with van der Waals surface area (Å²) in [6, 6.07) is -0.163. The zero-order chi connectivity index (χ0) is 14.0. The van der Waals surface area contributed by atoms with E-state index in [9.17, 15) is 0 Å². The number of nitrogens with two attached hydrogens (primary N) is 1. The highest BCUT2D eigenvalue weighted by atomic mass is 32.1. The van der Waals surface area contributed by atoms with E-state index in [-0.39, 0.29) is 6.04 Å². The van der Waals surface area contributed by atoms with Gasteiger partial charge in [0.05, 0.1) is 28.9 Å². The van der Waals surface area contributed by atoms with Crippen LogP contribution in [0.2, 0.25) is 0 Å². The van der Waals surface area contributed by atoms with Crippen LogP contribution in [0.15, 0.2) is 6.20 Å². The van der Waals surface area contributed by atoms with Gasteiger partial charge in [-0.25, -0.2) is 10.4 Å². The van der Waals surface area contributed by atoms with Gasteiger partial charge in [0.1, 0.15) is 11.7 Å². The number of nitrogens with one attached hydrogen (secondary N) is 1. The molecule has 0 radical (unpaired) electrons. The van der Waals surface area contributed by atoms with Crippen LogP contribution in [-0.2, 0) is 6.54 Å². The maximum Gasteiger partial charge on any atom is 0.162 e. The molecule has 2 aromatic heterocycles. The number of hydrogen-bond donors (Lipinski definition) is 2. The van der Waals surface area contributed by atoms with Gasteiger partial charge in [-0.2, -0.15) is 5.10 Å². The number of aryl methyl sites for hydroxylation is 3. The number of ether oxygens (including phenoxy) is 1. The molecule has 6 nitrogen and oxygen atoms in total. The van der Waals surface area contributed by atoms with Gasteiger partial charge < -0.3 is 4.74 Å². The fourth-order valence-corrected chi connectivity index (χ4v) is 3.16. The standard InChI is InChI=1S/C12H19N5OS/c1-5-17-11(9(18-4)6-14-17)10(16-13)12-7(2)15-8(3)19-12/h6,10,16H,5,13H2,1-4H3. The van der Waals surface area contributed by atoms with Gasteiger partial charge in [0, 0.05) is 6.54 Å². The largest absolute Gasteiger partial charge is 0.493 e. The summed E-state index contributed by atoms with van der Waals surface area (Å²) in [5, 5.41) is 5.34. The van der Waals surface area contributed by atoms with Gasteiger partial charge in [-0.1, -0.05) is 0 Å². The van der Waals surface area contributed by atoms with Crippen LogP contribution in [0.25, 0.3) is 0 Å². The molecule has 2 heterocycles. The van der Waals surface area contributed by atoms with Crippen LogP contribution in [0.3, 0.4) is 0 Å². The molecule has 104 valence electrons. The molecular formula is C12H19N5OS. The van der Waals surface area contributed by atoms with Gasteiger partial charge in [0.15, 0.2) is 5.75 Å². The van der Waals surface area contributed by atoms with Gasteiger partial charge >= 0.3 is 0 Å². The van der Waals surface area contributed by atoms with Crippen molar-refractivity contribution in [2.75, 3.05) is 7.11 Å². The van der Waals surface area contributed by atoms with E-state index >= 15 is 0 Å². The third kappa shape index (κ3) is 2.49. The SMILES string of the molecule is CCn1ncc(OC)c1C(NN)c1sc(C)nc1C. The highest BCUT2D eigenvalue weighted by Crippen LogP contribution is 2.34. The topological polar surface area (TPSA) is 78.0 Å². The minimum Gasteiger partial charge on any atom is -0.493 e. The van der Waals surface area contributed by atoms with Crippen LogP contribution < -0.4 is 16.0 Å². The first kappa shape index (κ1) is 14.0. The summed E-state index contributed by atoms with van der Waals surface area (Å²) >= 11 is 1.63. The summed E-state index contributed by atoms with van der Waals surface area (Å²) in [4.78, 5) is 5.54. The molecule has 0 bridgehead atoms. The first-order valence-electron chi connectivity index (χ1n) is 6.12. The van der Waals surface area contributed by atoms with Crippen molar-refractivity contribution in [1.82, 2.24) is 20.2 Å². The summed E-state index contributed by atoms with van der Waals surface area (Å²) < 4.78 is 7.27. The molecule has 0 aliphatic heterocycles. The highest BCUT2D eigenvalue weighted by molar-refractivity contribution is 7.11. The molecule has 0 spiro atoms. The molecule has 0 aliphatic carbocycles. The highest BCUT2D eigenvalue weighted by Gasteiger charge is 2.25. The van der Waals surface area contributed by atoms with Gasteiger partial charge in [0.2, 0.25) is 0 Å². The fraction of sp³-hybridized carbons (Fsp3) is 0.500. The van der Waals surface area contributed by atoms with E-state index in [1.165, 1.54) is 0 Å². The van der Waals surface area contributed by atoms with Crippen LogP contribution >= 0.6 is 11.3 Å². The summed E-state index contributed by atoms with van der Waals surface area (Å²) in [7, 11) is 1.64. The monoisotopic (exact) mass is 281 g/mol. The molecular weight excluding hydrogens is 262 g/mol. The van der Waals surface area contributed by atoms with Gasteiger partial charge in [-0.15, -0.1) is 11.3 Å². The number of rotatable bonds is 5. The maximum atomic E-state index is 5.75.